The highest BCUT2D eigenvalue weighted by atomic mass is 35.5. The van der Waals surface area contributed by atoms with Gasteiger partial charge in [0.15, 0.2) is 0 Å². The predicted molar refractivity (Wildman–Crippen MR) is 87.7 cm³/mol. The van der Waals surface area contributed by atoms with Crippen molar-refractivity contribution in [1.29, 1.82) is 0 Å². The van der Waals surface area contributed by atoms with Gasteiger partial charge in [-0.3, -0.25) is 9.59 Å². The van der Waals surface area contributed by atoms with Crippen LogP contribution in [0.15, 0.2) is 48.7 Å². The lowest BCUT2D eigenvalue weighted by molar-refractivity contribution is -0.112. The summed E-state index contributed by atoms with van der Waals surface area (Å²) in [5.41, 5.74) is 1.45. The number of H-pyrrole nitrogens is 1. The van der Waals surface area contributed by atoms with Gasteiger partial charge in [0, 0.05) is 22.1 Å². The number of ketones is 1. The molecular formula is C16H10Cl2N2O2. The Kier molecular flexibility index (Phi) is 3.88. The van der Waals surface area contributed by atoms with E-state index in [9.17, 15) is 9.59 Å². The molecule has 0 fully saturated rings. The monoisotopic (exact) mass is 332 g/mol. The van der Waals surface area contributed by atoms with E-state index < -0.39 is 11.7 Å². The van der Waals surface area contributed by atoms with Gasteiger partial charge in [0.05, 0.1) is 16.3 Å². The quantitative estimate of drug-likeness (QED) is 0.555. The number of halogens is 2. The van der Waals surface area contributed by atoms with Crippen molar-refractivity contribution in [3.05, 3.63) is 64.3 Å². The molecule has 1 amide bonds. The summed E-state index contributed by atoms with van der Waals surface area (Å²) in [6, 6.07) is 11.9. The number of hydrogen-bond donors (Lipinski definition) is 2. The first-order chi connectivity index (χ1) is 10.6. The van der Waals surface area contributed by atoms with E-state index in [1.54, 1.807) is 24.3 Å². The molecule has 0 radical (unpaired) electrons. The third kappa shape index (κ3) is 2.71. The lowest BCUT2D eigenvalue weighted by Gasteiger charge is -2.06. The number of amides is 1. The normalized spacial score (nSPS) is 10.6. The van der Waals surface area contributed by atoms with Gasteiger partial charge in [0.25, 0.3) is 11.7 Å². The summed E-state index contributed by atoms with van der Waals surface area (Å²) in [5, 5.41) is 3.92. The molecule has 0 atom stereocenters. The zero-order valence-corrected chi connectivity index (χ0v) is 12.7. The number of anilines is 1. The Morgan fingerprint density at radius 2 is 1.82 bits per heavy atom. The second kappa shape index (κ2) is 5.83. The highest BCUT2D eigenvalue weighted by Gasteiger charge is 2.20. The summed E-state index contributed by atoms with van der Waals surface area (Å²) in [7, 11) is 0. The maximum atomic E-state index is 12.3. The van der Waals surface area contributed by atoms with Crippen LogP contribution in [-0.4, -0.2) is 16.7 Å². The van der Waals surface area contributed by atoms with Crippen molar-refractivity contribution >= 4 is 51.5 Å². The molecular weight excluding hydrogens is 323 g/mol. The number of para-hydroxylation sites is 1. The van der Waals surface area contributed by atoms with Gasteiger partial charge in [-0.2, -0.15) is 0 Å². The molecule has 6 heteroatoms. The third-order valence-electron chi connectivity index (χ3n) is 3.22. The number of carbonyl (C=O) groups is 2. The molecule has 0 saturated heterocycles. The molecule has 0 saturated carbocycles. The molecule has 0 aliphatic rings. The minimum Gasteiger partial charge on any atom is -0.360 e. The standard InChI is InChI=1S/C16H10Cl2N2O2/c17-9-5-6-14(12(18)7-9)20-16(22)15(21)11-8-19-13-4-2-1-3-10(11)13/h1-8,19H,(H,20,22). The maximum absolute atomic E-state index is 12.3. The van der Waals surface area contributed by atoms with Crippen LogP contribution in [0, 0.1) is 0 Å². The van der Waals surface area contributed by atoms with Crippen LogP contribution in [0.1, 0.15) is 10.4 Å². The Bertz CT molecular complexity index is 887. The van der Waals surface area contributed by atoms with Gasteiger partial charge >= 0.3 is 0 Å². The molecule has 0 aliphatic carbocycles. The van der Waals surface area contributed by atoms with Crippen LogP contribution in [0.2, 0.25) is 10.0 Å². The molecule has 1 aromatic heterocycles. The zero-order chi connectivity index (χ0) is 15.7. The van der Waals surface area contributed by atoms with Gasteiger partial charge in [-0.05, 0) is 24.3 Å². The molecule has 3 rings (SSSR count). The van der Waals surface area contributed by atoms with Gasteiger partial charge < -0.3 is 10.3 Å². The van der Waals surface area contributed by atoms with Crippen molar-refractivity contribution in [2.75, 3.05) is 5.32 Å². The fourth-order valence-corrected chi connectivity index (χ4v) is 2.61. The van der Waals surface area contributed by atoms with Crippen LogP contribution >= 0.6 is 23.2 Å². The second-order valence-corrected chi connectivity index (χ2v) is 5.50. The van der Waals surface area contributed by atoms with Crippen molar-refractivity contribution in [1.82, 2.24) is 4.98 Å². The fraction of sp³-hybridized carbons (Fsp3) is 0. The summed E-state index contributed by atoms with van der Waals surface area (Å²) < 4.78 is 0. The number of fused-ring (bicyclic) bond motifs is 1. The second-order valence-electron chi connectivity index (χ2n) is 4.66. The first kappa shape index (κ1) is 14.6. The highest BCUT2D eigenvalue weighted by molar-refractivity contribution is 6.49. The summed E-state index contributed by atoms with van der Waals surface area (Å²) >= 11 is 11.8. The molecule has 2 N–H and O–H groups in total. The molecule has 4 nitrogen and oxygen atoms in total. The van der Waals surface area contributed by atoms with E-state index >= 15 is 0 Å². The van der Waals surface area contributed by atoms with Crippen molar-refractivity contribution in [3.8, 4) is 0 Å². The fourth-order valence-electron chi connectivity index (χ4n) is 2.15. The van der Waals surface area contributed by atoms with E-state index in [2.05, 4.69) is 10.3 Å². The van der Waals surface area contributed by atoms with Gasteiger partial charge in [0.1, 0.15) is 0 Å². The summed E-state index contributed by atoms with van der Waals surface area (Å²) in [6.07, 6.45) is 1.52. The number of benzene rings is 2. The topological polar surface area (TPSA) is 62.0 Å². The largest absolute Gasteiger partial charge is 0.360 e. The Hall–Kier alpha value is -2.30. The van der Waals surface area contributed by atoms with Crippen LogP contribution in [0.3, 0.4) is 0 Å². The lowest BCUT2D eigenvalue weighted by Crippen LogP contribution is -2.22. The molecule has 0 aliphatic heterocycles. The van der Waals surface area contributed by atoms with Gasteiger partial charge in [-0.15, -0.1) is 0 Å². The van der Waals surface area contributed by atoms with Gasteiger partial charge in [-0.1, -0.05) is 41.4 Å². The minimum atomic E-state index is -0.756. The van der Waals surface area contributed by atoms with Crippen molar-refractivity contribution in [3.63, 3.8) is 0 Å². The van der Waals surface area contributed by atoms with E-state index in [1.165, 1.54) is 12.3 Å². The van der Waals surface area contributed by atoms with Crippen LogP contribution in [0.25, 0.3) is 10.9 Å². The smallest absolute Gasteiger partial charge is 0.296 e. The molecule has 0 spiro atoms. The SMILES string of the molecule is O=C(Nc1ccc(Cl)cc1Cl)C(=O)c1c[nH]c2ccccc12. The van der Waals surface area contributed by atoms with Crippen molar-refractivity contribution in [2.24, 2.45) is 0 Å². The predicted octanol–water partition coefficient (Wildman–Crippen LogP) is 4.30. The number of aromatic nitrogens is 1. The average molecular weight is 333 g/mol. The van der Waals surface area contributed by atoms with E-state index in [-0.39, 0.29) is 5.02 Å². The number of Topliss-reactive ketones (excluding diaryl/α,β-unsaturated/α-hetero) is 1. The maximum Gasteiger partial charge on any atom is 0.296 e. The summed E-state index contributed by atoms with van der Waals surface area (Å²) in [6.45, 7) is 0. The number of aromatic amines is 1. The number of hydrogen-bond acceptors (Lipinski definition) is 2. The highest BCUT2D eigenvalue weighted by Crippen LogP contribution is 2.26. The molecule has 2 aromatic carbocycles. The first-order valence-electron chi connectivity index (χ1n) is 6.43. The van der Waals surface area contributed by atoms with Crippen LogP contribution in [-0.2, 0) is 4.79 Å². The summed E-state index contributed by atoms with van der Waals surface area (Å²) in [4.78, 5) is 27.4. The molecule has 3 aromatic rings. The van der Waals surface area contributed by atoms with E-state index in [1.807, 2.05) is 12.1 Å². The van der Waals surface area contributed by atoms with Gasteiger partial charge in [-0.25, -0.2) is 0 Å². The zero-order valence-electron chi connectivity index (χ0n) is 11.2. The van der Waals surface area contributed by atoms with Crippen LogP contribution < -0.4 is 5.32 Å². The number of nitrogens with one attached hydrogen (secondary N) is 2. The van der Waals surface area contributed by atoms with Gasteiger partial charge in [0.2, 0.25) is 0 Å². The minimum absolute atomic E-state index is 0.271. The Balaban J connectivity index is 1.87. The Labute approximate surface area is 136 Å². The van der Waals surface area contributed by atoms with E-state index in [0.29, 0.717) is 21.7 Å². The lowest BCUT2D eigenvalue weighted by atomic mass is 10.1. The van der Waals surface area contributed by atoms with Crippen molar-refractivity contribution < 1.29 is 9.59 Å². The first-order valence-corrected chi connectivity index (χ1v) is 7.18. The average Bonchev–Trinajstić information content (AvgIpc) is 2.93. The van der Waals surface area contributed by atoms with Crippen molar-refractivity contribution in [2.45, 2.75) is 0 Å². The Morgan fingerprint density at radius 3 is 2.59 bits per heavy atom. The van der Waals surface area contributed by atoms with Crippen LogP contribution in [0.5, 0.6) is 0 Å². The molecule has 110 valence electrons. The van der Waals surface area contributed by atoms with Crippen LogP contribution in [0.4, 0.5) is 5.69 Å². The van der Waals surface area contributed by atoms with E-state index in [0.717, 1.165) is 5.52 Å². The molecule has 22 heavy (non-hydrogen) atoms. The Morgan fingerprint density at radius 1 is 1.05 bits per heavy atom. The third-order valence-corrected chi connectivity index (χ3v) is 3.77. The molecule has 1 heterocycles. The molecule has 0 unspecified atom stereocenters. The number of carbonyl (C=O) groups excluding carboxylic acids is 2. The summed E-state index contributed by atoms with van der Waals surface area (Å²) in [5.74, 6) is -1.39. The molecule has 0 bridgehead atoms. The number of rotatable bonds is 3. The van der Waals surface area contributed by atoms with E-state index in [4.69, 9.17) is 23.2 Å².